The van der Waals surface area contributed by atoms with Crippen LogP contribution in [-0.4, -0.2) is 29.3 Å². The number of benzene rings is 1. The fraction of sp³-hybridized carbons (Fsp3) is 0.526. The van der Waals surface area contributed by atoms with Gasteiger partial charge in [-0.25, -0.2) is 19.0 Å². The van der Waals surface area contributed by atoms with Crippen LogP contribution in [0.15, 0.2) is 23.2 Å². The van der Waals surface area contributed by atoms with Crippen LogP contribution in [0.5, 0.6) is 0 Å². The van der Waals surface area contributed by atoms with Gasteiger partial charge in [-0.15, -0.1) is 0 Å². The molecule has 2 amide bonds. The number of nitrogens with one attached hydrogen (secondary N) is 2. The van der Waals surface area contributed by atoms with Crippen molar-refractivity contribution in [3.63, 3.8) is 0 Å². The molecular weight excluding hydrogens is 353 g/mol. The maximum Gasteiger partial charge on any atom is 0.414 e. The van der Waals surface area contributed by atoms with Crippen LogP contribution in [0, 0.1) is 12.7 Å². The molecule has 150 valence electrons. The molecule has 1 aromatic rings. The molecule has 0 aliphatic rings. The van der Waals surface area contributed by atoms with Crippen molar-refractivity contribution in [2.24, 2.45) is 4.99 Å². The first-order chi connectivity index (χ1) is 12.2. The lowest BCUT2D eigenvalue weighted by Gasteiger charge is -2.22. The summed E-state index contributed by atoms with van der Waals surface area (Å²) in [5, 5.41) is 4.78. The second-order valence-corrected chi connectivity index (χ2v) is 8.00. The molecule has 0 fully saturated rings. The number of hydrogen-bond acceptors (Lipinski definition) is 5. The molecule has 0 aromatic heterocycles. The molecule has 8 heteroatoms. The first kappa shape index (κ1) is 22.4. The standard InChI is InChI=1S/C19H28FN3O4/c1-12-10-13(8-9-14(12)20)11-21-15(22-16(24)26-18(2,3)4)23-17(25)27-19(5,6)7/h8-10H,11H2,1-7H3,(H2,21,22,23,24,25). The molecule has 7 nitrogen and oxygen atoms in total. The molecule has 2 N–H and O–H groups in total. The van der Waals surface area contributed by atoms with Crippen molar-refractivity contribution in [1.29, 1.82) is 0 Å². The van der Waals surface area contributed by atoms with Gasteiger partial charge in [0.05, 0.1) is 6.54 Å². The summed E-state index contributed by atoms with van der Waals surface area (Å²) in [6, 6.07) is 4.55. The molecule has 0 atom stereocenters. The summed E-state index contributed by atoms with van der Waals surface area (Å²) < 4.78 is 23.7. The molecule has 0 spiro atoms. The summed E-state index contributed by atoms with van der Waals surface area (Å²) in [7, 11) is 0. The van der Waals surface area contributed by atoms with E-state index in [-0.39, 0.29) is 18.3 Å². The Bertz CT molecular complexity index is 687. The average molecular weight is 381 g/mol. The molecule has 0 aliphatic carbocycles. The van der Waals surface area contributed by atoms with Crippen molar-refractivity contribution in [1.82, 2.24) is 10.6 Å². The van der Waals surface area contributed by atoms with Gasteiger partial charge in [0, 0.05) is 0 Å². The van der Waals surface area contributed by atoms with Crippen LogP contribution in [0.25, 0.3) is 0 Å². The molecule has 0 unspecified atom stereocenters. The zero-order chi connectivity index (χ0) is 20.8. The Hall–Kier alpha value is -2.64. The number of halogens is 1. The summed E-state index contributed by atoms with van der Waals surface area (Å²) in [6.45, 7) is 12.0. The highest BCUT2D eigenvalue weighted by Crippen LogP contribution is 2.11. The summed E-state index contributed by atoms with van der Waals surface area (Å²) in [6.07, 6.45) is -1.54. The number of alkyl carbamates (subject to hydrolysis) is 2. The number of rotatable bonds is 2. The molecule has 0 heterocycles. The van der Waals surface area contributed by atoms with E-state index in [0.717, 1.165) is 0 Å². The minimum Gasteiger partial charge on any atom is -0.444 e. The highest BCUT2D eigenvalue weighted by molar-refractivity contribution is 6.01. The zero-order valence-electron chi connectivity index (χ0n) is 16.9. The molecule has 0 saturated carbocycles. The Kier molecular flexibility index (Phi) is 7.33. The number of nitrogens with zero attached hydrogens (tertiary/aromatic N) is 1. The van der Waals surface area contributed by atoms with Crippen molar-refractivity contribution in [3.8, 4) is 0 Å². The van der Waals surface area contributed by atoms with Crippen molar-refractivity contribution in [3.05, 3.63) is 35.1 Å². The number of amides is 2. The summed E-state index contributed by atoms with van der Waals surface area (Å²) in [5.41, 5.74) is -0.238. The number of guanidine groups is 1. The van der Waals surface area contributed by atoms with E-state index in [2.05, 4.69) is 15.6 Å². The van der Waals surface area contributed by atoms with Crippen molar-refractivity contribution in [2.45, 2.75) is 66.2 Å². The van der Waals surface area contributed by atoms with E-state index in [1.807, 2.05) is 0 Å². The third-order valence-electron chi connectivity index (χ3n) is 2.88. The number of aliphatic imine (C=N–C) groups is 1. The van der Waals surface area contributed by atoms with E-state index >= 15 is 0 Å². The Labute approximate surface area is 159 Å². The predicted octanol–water partition coefficient (Wildman–Crippen LogP) is 4.04. The van der Waals surface area contributed by atoms with E-state index in [9.17, 15) is 14.0 Å². The normalized spacial score (nSPS) is 11.4. The van der Waals surface area contributed by atoms with E-state index < -0.39 is 23.4 Å². The number of ether oxygens (including phenoxy) is 2. The predicted molar refractivity (Wildman–Crippen MR) is 101 cm³/mol. The van der Waals surface area contributed by atoms with Crippen LogP contribution < -0.4 is 10.6 Å². The summed E-state index contributed by atoms with van der Waals surface area (Å²) in [4.78, 5) is 28.2. The van der Waals surface area contributed by atoms with E-state index in [4.69, 9.17) is 9.47 Å². The molecule has 1 aromatic carbocycles. The van der Waals surface area contributed by atoms with Gasteiger partial charge in [0.15, 0.2) is 0 Å². The fourth-order valence-corrected chi connectivity index (χ4v) is 1.89. The van der Waals surface area contributed by atoms with E-state index in [1.54, 1.807) is 60.6 Å². The molecular formula is C19H28FN3O4. The van der Waals surface area contributed by atoms with Crippen LogP contribution in [-0.2, 0) is 16.0 Å². The average Bonchev–Trinajstić information content (AvgIpc) is 2.44. The van der Waals surface area contributed by atoms with E-state index in [0.29, 0.717) is 11.1 Å². The van der Waals surface area contributed by atoms with Crippen LogP contribution in [0.2, 0.25) is 0 Å². The number of hydrogen-bond donors (Lipinski definition) is 2. The van der Waals surface area contributed by atoms with Gasteiger partial charge < -0.3 is 9.47 Å². The fourth-order valence-electron chi connectivity index (χ4n) is 1.89. The smallest absolute Gasteiger partial charge is 0.414 e. The van der Waals surface area contributed by atoms with Crippen molar-refractivity contribution < 1.29 is 23.5 Å². The largest absolute Gasteiger partial charge is 0.444 e. The lowest BCUT2D eigenvalue weighted by atomic mass is 10.1. The molecule has 0 radical (unpaired) electrons. The summed E-state index contributed by atoms with van der Waals surface area (Å²) >= 11 is 0. The Morgan fingerprint density at radius 3 is 1.89 bits per heavy atom. The van der Waals surface area contributed by atoms with Crippen LogP contribution in [0.3, 0.4) is 0 Å². The summed E-state index contributed by atoms with van der Waals surface area (Å²) in [5.74, 6) is -0.442. The van der Waals surface area contributed by atoms with Gasteiger partial charge in [-0.05, 0) is 65.7 Å². The van der Waals surface area contributed by atoms with Gasteiger partial charge >= 0.3 is 12.2 Å². The molecule has 0 aliphatic heterocycles. The first-order valence-electron chi connectivity index (χ1n) is 8.55. The van der Waals surface area contributed by atoms with Crippen LogP contribution in [0.1, 0.15) is 52.7 Å². The van der Waals surface area contributed by atoms with E-state index in [1.165, 1.54) is 6.07 Å². The Morgan fingerprint density at radius 1 is 1.00 bits per heavy atom. The second-order valence-electron chi connectivity index (χ2n) is 8.00. The van der Waals surface area contributed by atoms with Crippen molar-refractivity contribution >= 4 is 18.1 Å². The SMILES string of the molecule is Cc1cc(CN=C(NC(=O)OC(C)(C)C)NC(=O)OC(C)(C)C)ccc1F. The number of carbonyl (C=O) groups excluding carboxylic acids is 2. The third kappa shape index (κ3) is 9.58. The zero-order valence-corrected chi connectivity index (χ0v) is 16.9. The molecule has 0 saturated heterocycles. The minimum atomic E-state index is -0.771. The lowest BCUT2D eigenvalue weighted by Crippen LogP contribution is -2.47. The first-order valence-corrected chi connectivity index (χ1v) is 8.55. The third-order valence-corrected chi connectivity index (χ3v) is 2.88. The molecule has 27 heavy (non-hydrogen) atoms. The maximum absolute atomic E-state index is 13.4. The molecule has 1 rings (SSSR count). The lowest BCUT2D eigenvalue weighted by molar-refractivity contribution is 0.0545. The van der Waals surface area contributed by atoms with Gasteiger partial charge in [-0.2, -0.15) is 0 Å². The van der Waals surface area contributed by atoms with Gasteiger partial charge in [-0.3, -0.25) is 10.6 Å². The minimum absolute atomic E-state index is 0.113. The quantitative estimate of drug-likeness (QED) is 0.598. The highest BCUT2D eigenvalue weighted by Gasteiger charge is 2.21. The van der Waals surface area contributed by atoms with Gasteiger partial charge in [0.25, 0.3) is 0 Å². The topological polar surface area (TPSA) is 89.0 Å². The monoisotopic (exact) mass is 381 g/mol. The Morgan fingerprint density at radius 2 is 1.48 bits per heavy atom. The van der Waals surface area contributed by atoms with Gasteiger partial charge in [-0.1, -0.05) is 12.1 Å². The van der Waals surface area contributed by atoms with Gasteiger partial charge in [0.1, 0.15) is 17.0 Å². The van der Waals surface area contributed by atoms with Crippen LogP contribution in [0.4, 0.5) is 14.0 Å². The molecule has 0 bridgehead atoms. The highest BCUT2D eigenvalue weighted by atomic mass is 19.1. The number of aryl methyl sites for hydroxylation is 1. The Balaban J connectivity index is 2.92. The van der Waals surface area contributed by atoms with Crippen molar-refractivity contribution in [2.75, 3.05) is 0 Å². The number of carbonyl (C=O) groups is 2. The maximum atomic E-state index is 13.4. The van der Waals surface area contributed by atoms with Crippen LogP contribution >= 0.6 is 0 Å². The second kappa shape index (κ2) is 8.83. The van der Waals surface area contributed by atoms with Gasteiger partial charge in [0.2, 0.25) is 5.96 Å².